The molecule has 1 amide bonds. The fourth-order valence-corrected chi connectivity index (χ4v) is 2.13. The van der Waals surface area contributed by atoms with Crippen LogP contribution in [0.4, 0.5) is 0 Å². The normalized spacial score (nSPS) is 19.9. The van der Waals surface area contributed by atoms with Crippen LogP contribution in [0.1, 0.15) is 20.3 Å². The summed E-state index contributed by atoms with van der Waals surface area (Å²) in [5.74, 6) is 0.295. The molecule has 1 saturated heterocycles. The molecule has 0 spiro atoms. The number of methoxy groups -OCH3 is 1. The Kier molecular flexibility index (Phi) is 6.60. The fraction of sp³-hybridized carbons (Fsp3) is 0.923. The van der Waals surface area contributed by atoms with Crippen molar-refractivity contribution in [1.82, 2.24) is 9.80 Å². The van der Waals surface area contributed by atoms with Crippen LogP contribution >= 0.6 is 0 Å². The molecule has 0 aromatic heterocycles. The van der Waals surface area contributed by atoms with Crippen molar-refractivity contribution in [2.24, 2.45) is 11.7 Å². The average molecular weight is 257 g/mol. The topological polar surface area (TPSA) is 58.8 Å². The standard InChI is InChI=1S/C13H27N3O2/c1-11(2)12(14)13(17)16-6-4-5-15(7-8-16)9-10-18-3/h11-12H,4-10,14H2,1-3H3. The van der Waals surface area contributed by atoms with Gasteiger partial charge in [0.1, 0.15) is 0 Å². The molecule has 1 heterocycles. The molecule has 1 atom stereocenters. The third-order valence-electron chi connectivity index (χ3n) is 3.52. The minimum Gasteiger partial charge on any atom is -0.383 e. The molecule has 5 heteroatoms. The van der Waals surface area contributed by atoms with E-state index in [0.717, 1.165) is 45.8 Å². The second-order valence-corrected chi connectivity index (χ2v) is 5.28. The van der Waals surface area contributed by atoms with Gasteiger partial charge >= 0.3 is 0 Å². The summed E-state index contributed by atoms with van der Waals surface area (Å²) in [5.41, 5.74) is 5.93. The van der Waals surface area contributed by atoms with E-state index in [2.05, 4.69) is 4.90 Å². The SMILES string of the molecule is COCCN1CCCN(C(=O)C(N)C(C)C)CC1. The monoisotopic (exact) mass is 257 g/mol. The number of hydrogen-bond acceptors (Lipinski definition) is 4. The highest BCUT2D eigenvalue weighted by molar-refractivity contribution is 5.81. The lowest BCUT2D eigenvalue weighted by molar-refractivity contribution is -0.133. The lowest BCUT2D eigenvalue weighted by Gasteiger charge is -2.26. The number of nitrogens with two attached hydrogens (primary N) is 1. The molecule has 0 aliphatic carbocycles. The van der Waals surface area contributed by atoms with Gasteiger partial charge in [0.25, 0.3) is 0 Å². The first-order chi connectivity index (χ1) is 8.56. The number of rotatable bonds is 5. The fourth-order valence-electron chi connectivity index (χ4n) is 2.13. The second-order valence-electron chi connectivity index (χ2n) is 5.28. The van der Waals surface area contributed by atoms with Gasteiger partial charge in [0, 0.05) is 33.3 Å². The van der Waals surface area contributed by atoms with Gasteiger partial charge in [-0.15, -0.1) is 0 Å². The van der Waals surface area contributed by atoms with E-state index in [9.17, 15) is 4.79 Å². The van der Waals surface area contributed by atoms with E-state index in [0.29, 0.717) is 0 Å². The van der Waals surface area contributed by atoms with E-state index in [4.69, 9.17) is 10.5 Å². The van der Waals surface area contributed by atoms with Gasteiger partial charge in [-0.2, -0.15) is 0 Å². The molecule has 1 unspecified atom stereocenters. The largest absolute Gasteiger partial charge is 0.383 e. The zero-order chi connectivity index (χ0) is 13.5. The Labute approximate surface area is 110 Å². The van der Waals surface area contributed by atoms with Crippen LogP contribution in [-0.4, -0.2) is 68.2 Å². The maximum Gasteiger partial charge on any atom is 0.239 e. The highest BCUT2D eigenvalue weighted by atomic mass is 16.5. The summed E-state index contributed by atoms with van der Waals surface area (Å²) < 4.78 is 5.09. The third-order valence-corrected chi connectivity index (χ3v) is 3.52. The molecular formula is C13H27N3O2. The second kappa shape index (κ2) is 7.71. The van der Waals surface area contributed by atoms with Crippen LogP contribution in [-0.2, 0) is 9.53 Å². The highest BCUT2D eigenvalue weighted by Crippen LogP contribution is 2.08. The molecule has 106 valence electrons. The molecule has 0 radical (unpaired) electrons. The van der Waals surface area contributed by atoms with Crippen LogP contribution in [0.5, 0.6) is 0 Å². The third kappa shape index (κ3) is 4.55. The van der Waals surface area contributed by atoms with Crippen molar-refractivity contribution < 1.29 is 9.53 Å². The summed E-state index contributed by atoms with van der Waals surface area (Å²) in [4.78, 5) is 16.4. The molecule has 0 aromatic rings. The predicted molar refractivity (Wildman–Crippen MR) is 72.3 cm³/mol. The molecule has 1 rings (SSSR count). The molecule has 2 N–H and O–H groups in total. The molecular weight excluding hydrogens is 230 g/mol. The number of ether oxygens (including phenoxy) is 1. The van der Waals surface area contributed by atoms with E-state index < -0.39 is 0 Å². The predicted octanol–water partition coefficient (Wildman–Crippen LogP) is 0.150. The van der Waals surface area contributed by atoms with Gasteiger partial charge < -0.3 is 15.4 Å². The van der Waals surface area contributed by atoms with Crippen LogP contribution in [0.2, 0.25) is 0 Å². The maximum atomic E-state index is 12.2. The summed E-state index contributed by atoms with van der Waals surface area (Å²) in [6.07, 6.45) is 1.01. The molecule has 5 nitrogen and oxygen atoms in total. The summed E-state index contributed by atoms with van der Waals surface area (Å²) in [6.45, 7) is 9.22. The highest BCUT2D eigenvalue weighted by Gasteiger charge is 2.25. The Hall–Kier alpha value is -0.650. The summed E-state index contributed by atoms with van der Waals surface area (Å²) in [6, 6.07) is -0.365. The molecule has 1 aliphatic rings. The van der Waals surface area contributed by atoms with E-state index >= 15 is 0 Å². The van der Waals surface area contributed by atoms with E-state index in [-0.39, 0.29) is 17.9 Å². The van der Waals surface area contributed by atoms with Gasteiger partial charge in [0.15, 0.2) is 0 Å². The Morgan fingerprint density at radius 1 is 1.28 bits per heavy atom. The van der Waals surface area contributed by atoms with Crippen molar-refractivity contribution in [3.05, 3.63) is 0 Å². The zero-order valence-electron chi connectivity index (χ0n) is 11.9. The lowest BCUT2D eigenvalue weighted by atomic mass is 10.0. The molecule has 0 bridgehead atoms. The van der Waals surface area contributed by atoms with Crippen molar-refractivity contribution in [1.29, 1.82) is 0 Å². The van der Waals surface area contributed by atoms with Crippen molar-refractivity contribution in [2.45, 2.75) is 26.3 Å². The van der Waals surface area contributed by atoms with Crippen molar-refractivity contribution >= 4 is 5.91 Å². The van der Waals surface area contributed by atoms with Crippen LogP contribution in [0.25, 0.3) is 0 Å². The quantitative estimate of drug-likeness (QED) is 0.762. The summed E-state index contributed by atoms with van der Waals surface area (Å²) in [7, 11) is 1.72. The molecule has 1 aliphatic heterocycles. The number of carbonyl (C=O) groups excluding carboxylic acids is 1. The average Bonchev–Trinajstić information content (AvgIpc) is 2.59. The Balaban J connectivity index is 2.43. The molecule has 0 saturated carbocycles. The Bertz CT molecular complexity index is 259. The van der Waals surface area contributed by atoms with E-state index in [1.54, 1.807) is 7.11 Å². The first kappa shape index (κ1) is 15.4. The van der Waals surface area contributed by atoms with E-state index in [1.165, 1.54) is 0 Å². The molecule has 1 fully saturated rings. The van der Waals surface area contributed by atoms with Gasteiger partial charge in [0.05, 0.1) is 12.6 Å². The molecule has 18 heavy (non-hydrogen) atoms. The van der Waals surface area contributed by atoms with Crippen molar-refractivity contribution in [2.75, 3.05) is 46.4 Å². The number of carbonyl (C=O) groups is 1. The van der Waals surface area contributed by atoms with Crippen molar-refractivity contribution in [3.63, 3.8) is 0 Å². The lowest BCUT2D eigenvalue weighted by Crippen LogP contribution is -2.47. The van der Waals surface area contributed by atoms with Gasteiger partial charge in [-0.1, -0.05) is 13.8 Å². The van der Waals surface area contributed by atoms with Crippen LogP contribution < -0.4 is 5.73 Å². The minimum absolute atomic E-state index is 0.0959. The summed E-state index contributed by atoms with van der Waals surface area (Å²) >= 11 is 0. The first-order valence-corrected chi connectivity index (χ1v) is 6.82. The van der Waals surface area contributed by atoms with Crippen LogP contribution in [0.3, 0.4) is 0 Å². The van der Waals surface area contributed by atoms with E-state index in [1.807, 2.05) is 18.7 Å². The van der Waals surface area contributed by atoms with Gasteiger partial charge in [-0.3, -0.25) is 9.69 Å². The smallest absolute Gasteiger partial charge is 0.239 e. The Morgan fingerprint density at radius 2 is 2.00 bits per heavy atom. The van der Waals surface area contributed by atoms with Gasteiger partial charge in [-0.25, -0.2) is 0 Å². The number of amides is 1. The summed E-state index contributed by atoms with van der Waals surface area (Å²) in [5, 5.41) is 0. The maximum absolute atomic E-state index is 12.2. The zero-order valence-corrected chi connectivity index (χ0v) is 11.9. The first-order valence-electron chi connectivity index (χ1n) is 6.82. The van der Waals surface area contributed by atoms with Crippen LogP contribution in [0.15, 0.2) is 0 Å². The Morgan fingerprint density at radius 3 is 2.61 bits per heavy atom. The minimum atomic E-state index is -0.365. The molecule has 0 aromatic carbocycles. The number of nitrogens with zero attached hydrogens (tertiary/aromatic N) is 2. The van der Waals surface area contributed by atoms with Crippen LogP contribution in [0, 0.1) is 5.92 Å². The van der Waals surface area contributed by atoms with Gasteiger partial charge in [-0.05, 0) is 18.9 Å². The van der Waals surface area contributed by atoms with Gasteiger partial charge in [0.2, 0.25) is 5.91 Å². The number of hydrogen-bond donors (Lipinski definition) is 1. The van der Waals surface area contributed by atoms with Crippen molar-refractivity contribution in [3.8, 4) is 0 Å².